The van der Waals surface area contributed by atoms with Crippen LogP contribution in [-0.2, 0) is 4.74 Å². The number of H-pyrrole nitrogens is 1. The molecule has 3 nitrogen and oxygen atoms in total. The van der Waals surface area contributed by atoms with Crippen LogP contribution in [0.25, 0.3) is 10.9 Å². The Bertz CT molecular complexity index is 485. The second-order valence-electron chi connectivity index (χ2n) is 3.22. The summed E-state index contributed by atoms with van der Waals surface area (Å²) in [6.45, 7) is 1.90. The van der Waals surface area contributed by atoms with E-state index in [-0.39, 0.29) is 5.97 Å². The lowest BCUT2D eigenvalue weighted by atomic mass is 10.1. The Hall–Kier alpha value is -1.77. The fourth-order valence-electron chi connectivity index (χ4n) is 1.54. The van der Waals surface area contributed by atoms with Crippen LogP contribution in [0, 0.1) is 6.92 Å². The minimum atomic E-state index is -0.286. The zero-order chi connectivity index (χ0) is 10.1. The number of rotatable bonds is 1. The summed E-state index contributed by atoms with van der Waals surface area (Å²) in [4.78, 5) is 14.5. The Balaban J connectivity index is 2.64. The highest BCUT2D eigenvalue weighted by Crippen LogP contribution is 2.18. The molecular weight excluding hydrogens is 178 g/mol. The van der Waals surface area contributed by atoms with Crippen molar-refractivity contribution in [3.8, 4) is 0 Å². The van der Waals surface area contributed by atoms with Crippen LogP contribution in [0.4, 0.5) is 0 Å². The SMILES string of the molecule is COC(=O)c1cc2cc[nH]c2cc1C. The van der Waals surface area contributed by atoms with Crippen LogP contribution in [0.15, 0.2) is 24.4 Å². The quantitative estimate of drug-likeness (QED) is 0.699. The number of esters is 1. The number of benzene rings is 1. The third kappa shape index (κ3) is 1.27. The van der Waals surface area contributed by atoms with Gasteiger partial charge in [0.05, 0.1) is 12.7 Å². The van der Waals surface area contributed by atoms with Gasteiger partial charge in [-0.1, -0.05) is 0 Å². The summed E-state index contributed by atoms with van der Waals surface area (Å²) in [6, 6.07) is 5.72. The predicted molar refractivity (Wildman–Crippen MR) is 54.4 cm³/mol. The lowest BCUT2D eigenvalue weighted by Gasteiger charge is -2.03. The Labute approximate surface area is 81.7 Å². The van der Waals surface area contributed by atoms with Gasteiger partial charge in [-0.3, -0.25) is 0 Å². The summed E-state index contributed by atoms with van der Waals surface area (Å²) >= 11 is 0. The molecule has 1 aromatic heterocycles. The molecule has 0 amide bonds. The molecule has 14 heavy (non-hydrogen) atoms. The normalized spacial score (nSPS) is 10.4. The molecule has 1 N–H and O–H groups in total. The van der Waals surface area contributed by atoms with E-state index < -0.39 is 0 Å². The second-order valence-corrected chi connectivity index (χ2v) is 3.22. The molecule has 0 saturated heterocycles. The first-order valence-electron chi connectivity index (χ1n) is 4.38. The van der Waals surface area contributed by atoms with Crippen LogP contribution in [0.1, 0.15) is 15.9 Å². The highest BCUT2D eigenvalue weighted by molar-refractivity contribution is 5.96. The maximum atomic E-state index is 11.4. The number of carbonyl (C=O) groups is 1. The summed E-state index contributed by atoms with van der Waals surface area (Å²) in [5, 5.41) is 1.02. The van der Waals surface area contributed by atoms with Gasteiger partial charge in [0.2, 0.25) is 0 Å². The van der Waals surface area contributed by atoms with Crippen molar-refractivity contribution in [1.82, 2.24) is 4.98 Å². The number of ether oxygens (including phenoxy) is 1. The Morgan fingerprint density at radius 2 is 2.21 bits per heavy atom. The summed E-state index contributed by atoms with van der Waals surface area (Å²) in [6.07, 6.45) is 1.85. The number of aromatic nitrogens is 1. The van der Waals surface area contributed by atoms with Crippen molar-refractivity contribution in [1.29, 1.82) is 0 Å². The van der Waals surface area contributed by atoms with Crippen molar-refractivity contribution >= 4 is 16.9 Å². The number of methoxy groups -OCH3 is 1. The van der Waals surface area contributed by atoms with Crippen molar-refractivity contribution in [3.05, 3.63) is 35.5 Å². The average Bonchev–Trinajstić information content (AvgIpc) is 2.62. The molecule has 0 unspecified atom stereocenters. The van der Waals surface area contributed by atoms with Gasteiger partial charge in [-0.15, -0.1) is 0 Å². The molecule has 72 valence electrons. The van der Waals surface area contributed by atoms with Crippen LogP contribution in [0.5, 0.6) is 0 Å². The monoisotopic (exact) mass is 189 g/mol. The molecule has 0 radical (unpaired) electrons. The topological polar surface area (TPSA) is 42.1 Å². The standard InChI is InChI=1S/C11H11NO2/c1-7-5-10-8(3-4-12-10)6-9(7)11(13)14-2/h3-6,12H,1-2H3. The number of hydrogen-bond donors (Lipinski definition) is 1. The lowest BCUT2D eigenvalue weighted by molar-refractivity contribution is 0.0600. The van der Waals surface area contributed by atoms with Gasteiger partial charge in [0.15, 0.2) is 0 Å². The molecular formula is C11H11NO2. The van der Waals surface area contributed by atoms with Gasteiger partial charge in [-0.2, -0.15) is 0 Å². The molecule has 2 aromatic rings. The molecule has 0 aliphatic rings. The second kappa shape index (κ2) is 3.18. The fourth-order valence-corrected chi connectivity index (χ4v) is 1.54. The van der Waals surface area contributed by atoms with Crippen LogP contribution in [-0.4, -0.2) is 18.1 Å². The molecule has 0 aliphatic heterocycles. The third-order valence-electron chi connectivity index (χ3n) is 2.30. The number of nitrogens with one attached hydrogen (secondary N) is 1. The van der Waals surface area contributed by atoms with Crippen LogP contribution < -0.4 is 0 Å². The molecule has 3 heteroatoms. The number of carbonyl (C=O) groups excluding carboxylic acids is 1. The highest BCUT2D eigenvalue weighted by Gasteiger charge is 2.10. The van der Waals surface area contributed by atoms with E-state index in [1.807, 2.05) is 31.3 Å². The molecule has 0 spiro atoms. The van der Waals surface area contributed by atoms with Crippen molar-refractivity contribution in [3.63, 3.8) is 0 Å². The zero-order valence-corrected chi connectivity index (χ0v) is 8.13. The first-order valence-corrected chi connectivity index (χ1v) is 4.38. The van der Waals surface area contributed by atoms with E-state index in [1.165, 1.54) is 7.11 Å². The Kier molecular flexibility index (Phi) is 2.00. The minimum absolute atomic E-state index is 0.286. The summed E-state index contributed by atoms with van der Waals surface area (Å²) < 4.78 is 4.69. The minimum Gasteiger partial charge on any atom is -0.465 e. The number of hydrogen-bond acceptors (Lipinski definition) is 2. The van der Waals surface area contributed by atoms with E-state index in [1.54, 1.807) is 0 Å². The van der Waals surface area contributed by atoms with Gasteiger partial charge in [0.25, 0.3) is 0 Å². The average molecular weight is 189 g/mol. The highest BCUT2D eigenvalue weighted by atomic mass is 16.5. The first-order chi connectivity index (χ1) is 6.72. The number of aryl methyl sites for hydroxylation is 1. The van der Waals surface area contributed by atoms with Gasteiger partial charge in [0.1, 0.15) is 0 Å². The summed E-state index contributed by atoms with van der Waals surface area (Å²) in [5.41, 5.74) is 2.58. The van der Waals surface area contributed by atoms with E-state index in [9.17, 15) is 4.79 Å². The maximum Gasteiger partial charge on any atom is 0.338 e. The molecule has 0 aliphatic carbocycles. The number of fused-ring (bicyclic) bond motifs is 1. The summed E-state index contributed by atoms with van der Waals surface area (Å²) in [7, 11) is 1.39. The molecule has 0 atom stereocenters. The van der Waals surface area contributed by atoms with E-state index in [0.717, 1.165) is 16.5 Å². The lowest BCUT2D eigenvalue weighted by Crippen LogP contribution is -2.03. The van der Waals surface area contributed by atoms with Gasteiger partial charge < -0.3 is 9.72 Å². The first kappa shape index (κ1) is 8.81. The molecule has 1 heterocycles. The van der Waals surface area contributed by atoms with Gasteiger partial charge in [0, 0.05) is 17.1 Å². The molecule has 0 saturated carbocycles. The number of aromatic amines is 1. The van der Waals surface area contributed by atoms with Crippen LogP contribution in [0.3, 0.4) is 0 Å². The Morgan fingerprint density at radius 3 is 2.93 bits per heavy atom. The summed E-state index contributed by atoms with van der Waals surface area (Å²) in [5.74, 6) is -0.286. The van der Waals surface area contributed by atoms with Gasteiger partial charge >= 0.3 is 5.97 Å². The molecule has 0 bridgehead atoms. The third-order valence-corrected chi connectivity index (χ3v) is 2.30. The molecule has 2 rings (SSSR count). The fraction of sp³-hybridized carbons (Fsp3) is 0.182. The largest absolute Gasteiger partial charge is 0.465 e. The van der Waals surface area contributed by atoms with Gasteiger partial charge in [-0.25, -0.2) is 4.79 Å². The van der Waals surface area contributed by atoms with Crippen molar-refractivity contribution in [2.24, 2.45) is 0 Å². The van der Waals surface area contributed by atoms with Gasteiger partial charge in [-0.05, 0) is 30.7 Å². The van der Waals surface area contributed by atoms with Crippen molar-refractivity contribution < 1.29 is 9.53 Å². The van der Waals surface area contributed by atoms with Crippen LogP contribution >= 0.6 is 0 Å². The van der Waals surface area contributed by atoms with Crippen molar-refractivity contribution in [2.75, 3.05) is 7.11 Å². The molecule has 0 fully saturated rings. The van der Waals surface area contributed by atoms with E-state index in [4.69, 9.17) is 4.74 Å². The van der Waals surface area contributed by atoms with E-state index in [0.29, 0.717) is 5.56 Å². The molecule has 1 aromatic carbocycles. The maximum absolute atomic E-state index is 11.4. The smallest absolute Gasteiger partial charge is 0.338 e. The van der Waals surface area contributed by atoms with E-state index in [2.05, 4.69) is 4.98 Å². The van der Waals surface area contributed by atoms with Crippen molar-refractivity contribution in [2.45, 2.75) is 6.92 Å². The van der Waals surface area contributed by atoms with Crippen LogP contribution in [0.2, 0.25) is 0 Å². The predicted octanol–water partition coefficient (Wildman–Crippen LogP) is 2.26. The Morgan fingerprint density at radius 1 is 1.43 bits per heavy atom. The van der Waals surface area contributed by atoms with E-state index >= 15 is 0 Å². The zero-order valence-electron chi connectivity index (χ0n) is 8.13.